The first kappa shape index (κ1) is 20.8. The molecule has 0 amide bonds. The Balaban J connectivity index is 1.27. The molecule has 0 aliphatic carbocycles. The fourth-order valence-electron chi connectivity index (χ4n) is 6.08. The van der Waals surface area contributed by atoms with Crippen LogP contribution in [0.5, 0.6) is 0 Å². The van der Waals surface area contributed by atoms with E-state index in [9.17, 15) is 4.39 Å². The number of aromatic amines is 1. The molecule has 0 radical (unpaired) electrons. The molecule has 3 aliphatic heterocycles. The molecular weight excluding hydrogens is 439 g/mol. The predicted octanol–water partition coefficient (Wildman–Crippen LogP) is 6.00. The molecule has 7 rings (SSSR count). The third kappa shape index (κ3) is 3.62. The maximum Gasteiger partial charge on any atom is 0.124 e. The van der Waals surface area contributed by atoms with Gasteiger partial charge < -0.3 is 25.8 Å². The lowest BCUT2D eigenvalue weighted by Gasteiger charge is -2.33. The van der Waals surface area contributed by atoms with E-state index in [0.717, 1.165) is 66.4 Å². The molecule has 2 fully saturated rings. The highest BCUT2D eigenvalue weighted by Crippen LogP contribution is 2.48. The molecule has 4 aromatic rings. The van der Waals surface area contributed by atoms with Crippen molar-refractivity contribution in [3.8, 4) is 0 Å². The monoisotopic (exact) mass is 468 g/mol. The van der Waals surface area contributed by atoms with Crippen LogP contribution in [0.15, 0.2) is 60.7 Å². The Bertz CT molecular complexity index is 1370. The summed E-state index contributed by atoms with van der Waals surface area (Å²) in [5.41, 5.74) is 7.99. The van der Waals surface area contributed by atoms with Crippen LogP contribution in [-0.2, 0) is 0 Å². The third-order valence-corrected chi connectivity index (χ3v) is 7.80. The third-order valence-electron chi connectivity index (χ3n) is 7.80. The van der Waals surface area contributed by atoms with Gasteiger partial charge in [-0.15, -0.1) is 0 Å². The van der Waals surface area contributed by atoms with Crippen LogP contribution >= 0.6 is 0 Å². The summed E-state index contributed by atoms with van der Waals surface area (Å²) in [5, 5.41) is 10.3. The molecule has 3 aliphatic rings. The number of halogens is 1. The molecule has 2 unspecified atom stereocenters. The Labute approximate surface area is 203 Å². The first-order valence-corrected chi connectivity index (χ1v) is 12.6. The molecule has 178 valence electrons. The zero-order chi connectivity index (χ0) is 23.4. The lowest BCUT2D eigenvalue weighted by Crippen LogP contribution is -2.26. The minimum absolute atomic E-state index is 0.200. The summed E-state index contributed by atoms with van der Waals surface area (Å²) in [6.45, 7) is 1.81. The Morgan fingerprint density at radius 2 is 1.60 bits per heavy atom. The minimum Gasteiger partial charge on any atom is -0.366 e. The molecular formula is C28H29FN6. The SMILES string of the molecule is Fc1ccc(N2C(c3ccc4c(c3)NCN4)CCC2c2ccc3nc([C@@H]4CCCN4)[nH]c3c2)cc1. The van der Waals surface area contributed by atoms with Crippen LogP contribution < -0.4 is 20.9 Å². The molecule has 3 aromatic carbocycles. The molecule has 6 nitrogen and oxygen atoms in total. The van der Waals surface area contributed by atoms with Gasteiger partial charge in [0.2, 0.25) is 0 Å². The number of rotatable bonds is 4. The lowest BCUT2D eigenvalue weighted by molar-refractivity contribution is 0.614. The average molecular weight is 469 g/mol. The van der Waals surface area contributed by atoms with Crippen molar-refractivity contribution in [2.24, 2.45) is 0 Å². The molecule has 4 heterocycles. The number of hydrogen-bond acceptors (Lipinski definition) is 5. The van der Waals surface area contributed by atoms with Crippen molar-refractivity contribution in [1.29, 1.82) is 0 Å². The van der Waals surface area contributed by atoms with Crippen molar-refractivity contribution in [1.82, 2.24) is 15.3 Å². The van der Waals surface area contributed by atoms with Crippen LogP contribution in [0.3, 0.4) is 0 Å². The van der Waals surface area contributed by atoms with Gasteiger partial charge in [-0.25, -0.2) is 9.37 Å². The minimum atomic E-state index is -0.208. The standard InChI is InChI=1S/C28H29FN6/c29-19-5-7-20(8-6-19)35-26(17-3-9-21-24(14-17)32-16-31-21)11-12-27(35)18-4-10-22-25(15-18)34-28(33-22)23-2-1-13-30-23/h3-10,14-15,23,26-27,30-32H,1-2,11-13,16H2,(H,33,34)/t23-,26?,27?/m0/s1. The zero-order valence-corrected chi connectivity index (χ0v) is 19.5. The molecule has 7 heteroatoms. The van der Waals surface area contributed by atoms with E-state index in [1.807, 2.05) is 12.1 Å². The summed E-state index contributed by atoms with van der Waals surface area (Å²) in [5.74, 6) is 0.828. The van der Waals surface area contributed by atoms with E-state index in [1.165, 1.54) is 17.5 Å². The van der Waals surface area contributed by atoms with E-state index in [1.54, 1.807) is 12.1 Å². The van der Waals surface area contributed by atoms with Gasteiger partial charge in [-0.1, -0.05) is 12.1 Å². The van der Waals surface area contributed by atoms with Gasteiger partial charge >= 0.3 is 0 Å². The number of anilines is 3. The first-order valence-electron chi connectivity index (χ1n) is 12.6. The second-order valence-corrected chi connectivity index (χ2v) is 9.88. The largest absolute Gasteiger partial charge is 0.366 e. The molecule has 2 saturated heterocycles. The smallest absolute Gasteiger partial charge is 0.124 e. The summed E-state index contributed by atoms with van der Waals surface area (Å²) in [7, 11) is 0. The second-order valence-electron chi connectivity index (χ2n) is 9.88. The number of benzene rings is 3. The predicted molar refractivity (Wildman–Crippen MR) is 138 cm³/mol. The Morgan fingerprint density at radius 3 is 2.40 bits per heavy atom. The summed E-state index contributed by atoms with van der Waals surface area (Å²) in [4.78, 5) is 10.9. The van der Waals surface area contributed by atoms with E-state index in [0.29, 0.717) is 6.04 Å². The normalized spacial score (nSPS) is 23.5. The number of H-pyrrole nitrogens is 1. The van der Waals surface area contributed by atoms with Crippen molar-refractivity contribution < 1.29 is 4.39 Å². The first-order chi connectivity index (χ1) is 17.2. The van der Waals surface area contributed by atoms with Crippen LogP contribution in [-0.4, -0.2) is 23.2 Å². The van der Waals surface area contributed by atoms with Crippen molar-refractivity contribution in [3.05, 3.63) is 83.4 Å². The summed E-state index contributed by atoms with van der Waals surface area (Å²) < 4.78 is 13.8. The number of imidazole rings is 1. The fraction of sp³-hybridized carbons (Fsp3) is 0.321. The van der Waals surface area contributed by atoms with Crippen molar-refractivity contribution >= 4 is 28.1 Å². The van der Waals surface area contributed by atoms with Crippen LogP contribution in [0.2, 0.25) is 0 Å². The molecule has 1 aromatic heterocycles. The number of aromatic nitrogens is 2. The topological polar surface area (TPSA) is 68.0 Å². The number of fused-ring (bicyclic) bond motifs is 2. The average Bonchev–Trinajstić information content (AvgIpc) is 3.68. The van der Waals surface area contributed by atoms with Crippen molar-refractivity contribution in [3.63, 3.8) is 0 Å². The van der Waals surface area contributed by atoms with Crippen LogP contribution in [0, 0.1) is 5.82 Å². The maximum atomic E-state index is 13.8. The van der Waals surface area contributed by atoms with Gasteiger partial charge in [0.15, 0.2) is 0 Å². The highest BCUT2D eigenvalue weighted by atomic mass is 19.1. The molecule has 0 saturated carbocycles. The maximum absolute atomic E-state index is 13.8. The van der Waals surface area contributed by atoms with Crippen molar-refractivity contribution in [2.75, 3.05) is 28.7 Å². The molecule has 0 bridgehead atoms. The zero-order valence-electron chi connectivity index (χ0n) is 19.5. The number of nitrogens with one attached hydrogen (secondary N) is 4. The lowest BCUT2D eigenvalue weighted by atomic mass is 10.0. The molecule has 0 spiro atoms. The molecule has 4 N–H and O–H groups in total. The van der Waals surface area contributed by atoms with Gasteiger partial charge in [0.25, 0.3) is 0 Å². The highest BCUT2D eigenvalue weighted by Gasteiger charge is 2.36. The number of hydrogen-bond donors (Lipinski definition) is 4. The molecule has 35 heavy (non-hydrogen) atoms. The molecule has 3 atom stereocenters. The van der Waals surface area contributed by atoms with E-state index in [2.05, 4.69) is 62.2 Å². The van der Waals surface area contributed by atoms with Crippen LogP contribution in [0.1, 0.15) is 60.8 Å². The van der Waals surface area contributed by atoms with Gasteiger partial charge in [0.1, 0.15) is 11.6 Å². The van der Waals surface area contributed by atoms with E-state index in [4.69, 9.17) is 4.98 Å². The summed E-state index contributed by atoms with van der Waals surface area (Å²) in [6, 6.07) is 20.9. The van der Waals surface area contributed by atoms with E-state index >= 15 is 0 Å². The Morgan fingerprint density at radius 1 is 0.829 bits per heavy atom. The van der Waals surface area contributed by atoms with Crippen LogP contribution in [0.4, 0.5) is 21.5 Å². The second kappa shape index (κ2) is 8.27. The fourth-order valence-corrected chi connectivity index (χ4v) is 6.08. The van der Waals surface area contributed by atoms with Gasteiger partial charge in [-0.3, -0.25) is 0 Å². The van der Waals surface area contributed by atoms with Gasteiger partial charge in [0, 0.05) is 5.69 Å². The van der Waals surface area contributed by atoms with E-state index < -0.39 is 0 Å². The van der Waals surface area contributed by atoms with Gasteiger partial charge in [-0.2, -0.15) is 0 Å². The van der Waals surface area contributed by atoms with Crippen LogP contribution in [0.25, 0.3) is 11.0 Å². The Hall–Kier alpha value is -3.58. The number of nitrogens with zero attached hydrogens (tertiary/aromatic N) is 2. The summed E-state index contributed by atoms with van der Waals surface area (Å²) in [6.07, 6.45) is 4.38. The summed E-state index contributed by atoms with van der Waals surface area (Å²) >= 11 is 0. The van der Waals surface area contributed by atoms with E-state index in [-0.39, 0.29) is 17.9 Å². The van der Waals surface area contributed by atoms with Gasteiger partial charge in [-0.05, 0) is 91.9 Å². The highest BCUT2D eigenvalue weighted by molar-refractivity contribution is 5.77. The van der Waals surface area contributed by atoms with Crippen molar-refractivity contribution in [2.45, 2.75) is 43.8 Å². The quantitative estimate of drug-likeness (QED) is 0.296. The Kier molecular flexibility index (Phi) is 4.91. The van der Waals surface area contributed by atoms with Gasteiger partial charge in [0.05, 0.1) is 47.2 Å².